The van der Waals surface area contributed by atoms with Gasteiger partial charge in [0.15, 0.2) is 0 Å². The smallest absolute Gasteiger partial charge is 0.335 e. The van der Waals surface area contributed by atoms with Crippen LogP contribution >= 0.6 is 11.6 Å². The summed E-state index contributed by atoms with van der Waals surface area (Å²) >= 11 is 6.14. The van der Waals surface area contributed by atoms with E-state index in [1.165, 1.54) is 5.56 Å². The van der Waals surface area contributed by atoms with Crippen molar-refractivity contribution in [2.45, 2.75) is 83.5 Å². The van der Waals surface area contributed by atoms with Crippen LogP contribution in [0.5, 0.6) is 5.75 Å². The summed E-state index contributed by atoms with van der Waals surface area (Å²) in [5.41, 5.74) is 4.45. The number of ether oxygens (including phenoxy) is 3. The van der Waals surface area contributed by atoms with Crippen LogP contribution in [-0.2, 0) is 34.0 Å². The molecule has 5 heterocycles. The van der Waals surface area contributed by atoms with E-state index in [4.69, 9.17) is 30.8 Å². The Balaban J connectivity index is 1.13. The maximum Gasteiger partial charge on any atom is 0.335 e. The highest BCUT2D eigenvalue weighted by Crippen LogP contribution is 2.53. The Morgan fingerprint density at radius 2 is 1.89 bits per heavy atom. The van der Waals surface area contributed by atoms with Crippen molar-refractivity contribution in [3.63, 3.8) is 0 Å². The molecule has 4 aromatic rings. The standard InChI is InChI=1S/C36H41ClN4O5/c1-22(2)35(3)33-27(6-5-7-30(33)45-36(4,46-35)31-11-9-25(37)19-38-31)23-12-15-40(16-13-23)21-32-39-28-10-8-24(34(42)43)18-29(28)41(32)20-26-14-17-44-26/h5-11,18-19,22-23,26H,12-17,20-21H2,1-4H3,(H,42,43)/t26-,35+,36-/m0/s1. The molecule has 0 saturated carbocycles. The Morgan fingerprint density at radius 1 is 1.11 bits per heavy atom. The maximum atomic E-state index is 11.7. The zero-order valence-electron chi connectivity index (χ0n) is 26.8. The Morgan fingerprint density at radius 3 is 2.54 bits per heavy atom. The number of rotatable bonds is 8. The molecule has 46 heavy (non-hydrogen) atoms. The van der Waals surface area contributed by atoms with E-state index in [0.717, 1.165) is 67.1 Å². The van der Waals surface area contributed by atoms with Gasteiger partial charge in [-0.25, -0.2) is 9.78 Å². The maximum absolute atomic E-state index is 11.7. The molecule has 2 fully saturated rings. The van der Waals surface area contributed by atoms with E-state index in [0.29, 0.717) is 29.7 Å². The van der Waals surface area contributed by atoms with Gasteiger partial charge in [0.05, 0.1) is 40.8 Å². The zero-order valence-corrected chi connectivity index (χ0v) is 27.6. The van der Waals surface area contributed by atoms with E-state index < -0.39 is 17.4 Å². The number of likely N-dealkylation sites (tertiary alicyclic amines) is 1. The third-order valence-electron chi connectivity index (χ3n) is 10.2. The molecule has 7 rings (SSSR count). The summed E-state index contributed by atoms with van der Waals surface area (Å²) in [5, 5.41) is 10.2. The number of hydrogen-bond donors (Lipinski definition) is 1. The minimum Gasteiger partial charge on any atom is -0.478 e. The highest BCUT2D eigenvalue weighted by atomic mass is 35.5. The Labute approximate surface area is 274 Å². The zero-order chi connectivity index (χ0) is 32.2. The second kappa shape index (κ2) is 11.9. The van der Waals surface area contributed by atoms with Crippen LogP contribution in [0, 0.1) is 5.92 Å². The highest BCUT2D eigenvalue weighted by molar-refractivity contribution is 6.30. The minimum atomic E-state index is -1.06. The molecule has 0 radical (unpaired) electrons. The van der Waals surface area contributed by atoms with Crippen molar-refractivity contribution < 1.29 is 24.1 Å². The Hall–Kier alpha value is -3.50. The summed E-state index contributed by atoms with van der Waals surface area (Å²) in [6.45, 7) is 12.5. The van der Waals surface area contributed by atoms with E-state index in [2.05, 4.69) is 53.4 Å². The van der Waals surface area contributed by atoms with Gasteiger partial charge in [0, 0.05) is 25.3 Å². The average molecular weight is 645 g/mol. The van der Waals surface area contributed by atoms with Gasteiger partial charge in [0.25, 0.3) is 5.79 Å². The van der Waals surface area contributed by atoms with Crippen LogP contribution in [0.2, 0.25) is 5.02 Å². The number of carboxylic acid groups (broad SMARTS) is 1. The fourth-order valence-corrected chi connectivity index (χ4v) is 7.32. The number of aromatic carboxylic acids is 1. The van der Waals surface area contributed by atoms with Crippen LogP contribution in [0.15, 0.2) is 54.7 Å². The van der Waals surface area contributed by atoms with Crippen LogP contribution < -0.4 is 4.74 Å². The van der Waals surface area contributed by atoms with Gasteiger partial charge in [-0.3, -0.25) is 9.88 Å². The van der Waals surface area contributed by atoms with Crippen molar-refractivity contribution in [2.24, 2.45) is 5.92 Å². The topological polar surface area (TPSA) is 98.9 Å². The molecule has 2 aromatic heterocycles. The molecule has 3 atom stereocenters. The lowest BCUT2D eigenvalue weighted by Gasteiger charge is -2.49. The van der Waals surface area contributed by atoms with Crippen molar-refractivity contribution >= 4 is 28.6 Å². The van der Waals surface area contributed by atoms with E-state index in [9.17, 15) is 9.90 Å². The fourth-order valence-electron chi connectivity index (χ4n) is 7.21. The quantitative estimate of drug-likeness (QED) is 0.217. The SMILES string of the molecule is CC(C)[C@@]1(C)O[C@@](C)(c2ccc(Cl)cn2)Oc2cccc(C3CCN(Cc4nc5ccc(C(=O)O)cc5n4C[C@@H]4CCO4)CC3)c21. The van der Waals surface area contributed by atoms with E-state index in [1.807, 2.05) is 25.1 Å². The highest BCUT2D eigenvalue weighted by Gasteiger charge is 2.50. The lowest BCUT2D eigenvalue weighted by atomic mass is 9.75. The van der Waals surface area contributed by atoms with Crippen molar-refractivity contribution in [1.29, 1.82) is 0 Å². The van der Waals surface area contributed by atoms with Gasteiger partial charge in [0.2, 0.25) is 0 Å². The molecule has 0 amide bonds. The van der Waals surface area contributed by atoms with E-state index in [1.54, 1.807) is 18.3 Å². The minimum absolute atomic E-state index is 0.136. The van der Waals surface area contributed by atoms with Crippen LogP contribution in [0.3, 0.4) is 0 Å². The second-order valence-electron chi connectivity index (χ2n) is 13.5. The van der Waals surface area contributed by atoms with Gasteiger partial charge in [0.1, 0.15) is 22.9 Å². The van der Waals surface area contributed by atoms with Gasteiger partial charge in [-0.05, 0) is 93.1 Å². The molecule has 3 aliphatic rings. The third kappa shape index (κ3) is 5.57. The molecule has 10 heteroatoms. The predicted octanol–water partition coefficient (Wildman–Crippen LogP) is 7.10. The van der Waals surface area contributed by atoms with Gasteiger partial charge in [-0.1, -0.05) is 37.6 Å². The van der Waals surface area contributed by atoms with Gasteiger partial charge < -0.3 is 23.9 Å². The lowest BCUT2D eigenvalue weighted by Crippen LogP contribution is -2.49. The largest absolute Gasteiger partial charge is 0.478 e. The number of carbonyl (C=O) groups is 1. The Bertz CT molecular complexity index is 1760. The molecule has 242 valence electrons. The molecular weight excluding hydrogens is 604 g/mol. The number of pyridine rings is 1. The van der Waals surface area contributed by atoms with Crippen LogP contribution in [0.1, 0.15) is 85.9 Å². The first-order valence-electron chi connectivity index (χ1n) is 16.2. The average Bonchev–Trinajstić information content (AvgIpc) is 3.34. The molecule has 2 aromatic carbocycles. The molecule has 0 spiro atoms. The number of benzene rings is 2. The predicted molar refractivity (Wildman–Crippen MR) is 175 cm³/mol. The normalized spacial score (nSPS) is 25.3. The molecule has 0 unspecified atom stereocenters. The van der Waals surface area contributed by atoms with Gasteiger partial charge in [-0.2, -0.15) is 0 Å². The number of halogens is 1. The summed E-state index contributed by atoms with van der Waals surface area (Å²) in [7, 11) is 0. The lowest BCUT2D eigenvalue weighted by molar-refractivity contribution is -0.281. The van der Waals surface area contributed by atoms with Crippen LogP contribution in [-0.4, -0.2) is 56.3 Å². The number of aromatic nitrogens is 3. The molecule has 2 saturated heterocycles. The molecular formula is C36H41ClN4O5. The summed E-state index contributed by atoms with van der Waals surface area (Å²) < 4.78 is 21.5. The molecule has 3 aliphatic heterocycles. The summed E-state index contributed by atoms with van der Waals surface area (Å²) in [4.78, 5) is 23.7. The number of fused-ring (bicyclic) bond motifs is 2. The van der Waals surface area contributed by atoms with E-state index >= 15 is 0 Å². The second-order valence-corrected chi connectivity index (χ2v) is 13.9. The Kier molecular flexibility index (Phi) is 8.08. The molecule has 0 bridgehead atoms. The summed E-state index contributed by atoms with van der Waals surface area (Å²) in [5.74, 6) is 0.339. The van der Waals surface area contributed by atoms with Crippen molar-refractivity contribution in [3.8, 4) is 5.75 Å². The van der Waals surface area contributed by atoms with Gasteiger partial charge >= 0.3 is 5.97 Å². The first kappa shape index (κ1) is 31.1. The van der Waals surface area contributed by atoms with E-state index in [-0.39, 0.29) is 17.6 Å². The van der Waals surface area contributed by atoms with Gasteiger partial charge in [-0.15, -0.1) is 0 Å². The number of piperidine rings is 1. The van der Waals surface area contributed by atoms with Crippen molar-refractivity contribution in [3.05, 3.63) is 88.0 Å². The molecule has 0 aliphatic carbocycles. The molecule has 1 N–H and O–H groups in total. The van der Waals surface area contributed by atoms with Crippen LogP contribution in [0.25, 0.3) is 11.0 Å². The number of carboxylic acids is 1. The number of hydrogen-bond acceptors (Lipinski definition) is 7. The van der Waals surface area contributed by atoms with Crippen molar-refractivity contribution in [1.82, 2.24) is 19.4 Å². The monoisotopic (exact) mass is 644 g/mol. The summed E-state index contributed by atoms with van der Waals surface area (Å²) in [6, 6.07) is 15.3. The first-order chi connectivity index (χ1) is 22.0. The fraction of sp³-hybridized carbons (Fsp3) is 0.472. The summed E-state index contributed by atoms with van der Waals surface area (Å²) in [6.07, 6.45) is 4.76. The number of imidazole rings is 1. The van der Waals surface area contributed by atoms with Crippen molar-refractivity contribution in [2.75, 3.05) is 19.7 Å². The first-order valence-corrected chi connectivity index (χ1v) is 16.6. The number of nitrogens with zero attached hydrogens (tertiary/aromatic N) is 4. The third-order valence-corrected chi connectivity index (χ3v) is 10.4. The molecule has 9 nitrogen and oxygen atoms in total. The van der Waals surface area contributed by atoms with Crippen LogP contribution in [0.4, 0.5) is 0 Å².